The molecule has 1 aliphatic heterocycles. The Bertz CT molecular complexity index is 463. The number of amides is 1. The Labute approximate surface area is 130 Å². The molecule has 1 aromatic heterocycles. The van der Waals surface area contributed by atoms with Gasteiger partial charge >= 0.3 is 0 Å². The smallest absolute Gasteiger partial charge is 0.242 e. The molecule has 114 valence electrons. The van der Waals surface area contributed by atoms with Gasteiger partial charge in [-0.25, -0.2) is 4.98 Å². The van der Waals surface area contributed by atoms with Gasteiger partial charge in [0.2, 0.25) is 5.91 Å². The predicted molar refractivity (Wildman–Crippen MR) is 85.1 cm³/mol. The van der Waals surface area contributed by atoms with Crippen molar-refractivity contribution < 1.29 is 4.79 Å². The average molecular weight is 319 g/mol. The van der Waals surface area contributed by atoms with E-state index in [4.69, 9.17) is 5.73 Å². The zero-order valence-electron chi connectivity index (χ0n) is 12.3. The number of piperazine rings is 1. The van der Waals surface area contributed by atoms with Crippen molar-refractivity contribution in [2.75, 3.05) is 25.4 Å². The Hall–Kier alpha value is -0.850. The predicted octanol–water partition coefficient (Wildman–Crippen LogP) is 1.98. The van der Waals surface area contributed by atoms with Gasteiger partial charge in [-0.2, -0.15) is 0 Å². The maximum absolute atomic E-state index is 12.5. The largest absolute Gasteiger partial charge is 0.375 e. The number of aromatic nitrogens is 1. The number of thiazole rings is 1. The van der Waals surface area contributed by atoms with Crippen LogP contribution in [-0.4, -0.2) is 45.9 Å². The molecule has 1 saturated heterocycles. The first-order valence-electron chi connectivity index (χ1n) is 6.69. The molecule has 2 heterocycles. The van der Waals surface area contributed by atoms with E-state index in [1.54, 1.807) is 6.20 Å². The topological polar surface area (TPSA) is 62.5 Å². The Morgan fingerprint density at radius 1 is 1.45 bits per heavy atom. The van der Waals surface area contributed by atoms with E-state index in [-0.39, 0.29) is 18.3 Å². The van der Waals surface area contributed by atoms with Crippen molar-refractivity contribution in [3.63, 3.8) is 0 Å². The molecule has 0 atom stereocenters. The fourth-order valence-corrected chi connectivity index (χ4v) is 3.19. The van der Waals surface area contributed by atoms with E-state index in [1.807, 2.05) is 18.7 Å². The maximum Gasteiger partial charge on any atom is 0.242 e. The highest BCUT2D eigenvalue weighted by Gasteiger charge is 2.41. The van der Waals surface area contributed by atoms with Gasteiger partial charge in [-0.05, 0) is 20.3 Å². The van der Waals surface area contributed by atoms with E-state index in [0.717, 1.165) is 37.5 Å². The zero-order valence-corrected chi connectivity index (χ0v) is 13.9. The Morgan fingerprint density at radius 2 is 2.15 bits per heavy atom. The maximum atomic E-state index is 12.5. The summed E-state index contributed by atoms with van der Waals surface area (Å²) in [4.78, 5) is 21.9. The lowest BCUT2D eigenvalue weighted by Crippen LogP contribution is -2.62. The van der Waals surface area contributed by atoms with E-state index < -0.39 is 5.54 Å². The van der Waals surface area contributed by atoms with Crippen molar-refractivity contribution in [1.82, 2.24) is 14.8 Å². The minimum atomic E-state index is -0.452. The number of rotatable bonds is 4. The lowest BCUT2D eigenvalue weighted by Gasteiger charge is -2.45. The normalized spacial score (nSPS) is 18.9. The quantitative estimate of drug-likeness (QED) is 0.922. The fourth-order valence-electron chi connectivity index (χ4n) is 2.49. The number of nitrogen functional groups attached to an aromatic ring is 1. The summed E-state index contributed by atoms with van der Waals surface area (Å²) in [5.74, 6) is 0.220. The summed E-state index contributed by atoms with van der Waals surface area (Å²) < 4.78 is 0. The fraction of sp³-hybridized carbons (Fsp3) is 0.692. The molecular weight excluding hydrogens is 296 g/mol. The number of nitrogens with zero attached hydrogens (tertiary/aromatic N) is 3. The molecule has 0 radical (unpaired) electrons. The van der Waals surface area contributed by atoms with Crippen LogP contribution in [0.3, 0.4) is 0 Å². The molecule has 7 heteroatoms. The molecule has 1 fully saturated rings. The SMILES string of the molecule is CCCN1CCN(Cc2cnc(N)s2)C(C)(C)C1=O.Cl. The highest BCUT2D eigenvalue weighted by atomic mass is 35.5. The van der Waals surface area contributed by atoms with E-state index in [2.05, 4.69) is 16.8 Å². The summed E-state index contributed by atoms with van der Waals surface area (Å²) in [7, 11) is 0. The first-order chi connectivity index (χ1) is 8.95. The molecule has 2 rings (SSSR count). The minimum absolute atomic E-state index is 0. The molecular formula is C13H23ClN4OS. The van der Waals surface area contributed by atoms with Crippen molar-refractivity contribution in [2.24, 2.45) is 0 Å². The van der Waals surface area contributed by atoms with Crippen LogP contribution in [0.2, 0.25) is 0 Å². The zero-order chi connectivity index (χ0) is 14.0. The molecule has 20 heavy (non-hydrogen) atoms. The Kier molecular flexibility index (Phi) is 5.79. The third-order valence-electron chi connectivity index (χ3n) is 3.65. The Morgan fingerprint density at radius 3 is 2.70 bits per heavy atom. The lowest BCUT2D eigenvalue weighted by atomic mass is 9.97. The van der Waals surface area contributed by atoms with Crippen LogP contribution in [0.1, 0.15) is 32.1 Å². The van der Waals surface area contributed by atoms with E-state index in [0.29, 0.717) is 5.13 Å². The minimum Gasteiger partial charge on any atom is -0.375 e. The van der Waals surface area contributed by atoms with Gasteiger partial charge in [-0.15, -0.1) is 23.7 Å². The first-order valence-corrected chi connectivity index (χ1v) is 7.51. The summed E-state index contributed by atoms with van der Waals surface area (Å²) in [6.07, 6.45) is 2.81. The molecule has 0 bridgehead atoms. The molecule has 0 aromatic carbocycles. The van der Waals surface area contributed by atoms with Crippen LogP contribution in [-0.2, 0) is 11.3 Å². The van der Waals surface area contributed by atoms with Crippen LogP contribution in [0, 0.1) is 0 Å². The highest BCUT2D eigenvalue weighted by molar-refractivity contribution is 7.15. The van der Waals surface area contributed by atoms with Gasteiger partial charge < -0.3 is 10.6 Å². The van der Waals surface area contributed by atoms with Crippen molar-refractivity contribution in [2.45, 2.75) is 39.3 Å². The lowest BCUT2D eigenvalue weighted by molar-refractivity contribution is -0.149. The molecule has 0 spiro atoms. The first kappa shape index (κ1) is 17.2. The monoisotopic (exact) mass is 318 g/mol. The second kappa shape index (κ2) is 6.74. The second-order valence-corrected chi connectivity index (χ2v) is 6.58. The molecule has 0 saturated carbocycles. The van der Waals surface area contributed by atoms with Crippen LogP contribution in [0.4, 0.5) is 5.13 Å². The van der Waals surface area contributed by atoms with Gasteiger partial charge in [-0.3, -0.25) is 9.69 Å². The van der Waals surface area contributed by atoms with Crippen LogP contribution in [0.5, 0.6) is 0 Å². The molecule has 1 aliphatic rings. The van der Waals surface area contributed by atoms with Gasteiger partial charge in [-0.1, -0.05) is 6.92 Å². The molecule has 2 N–H and O–H groups in total. The summed E-state index contributed by atoms with van der Waals surface area (Å²) >= 11 is 1.49. The summed E-state index contributed by atoms with van der Waals surface area (Å²) in [5.41, 5.74) is 5.20. The van der Waals surface area contributed by atoms with Gasteiger partial charge in [0.05, 0.1) is 5.54 Å². The molecule has 0 unspecified atom stereocenters. The number of hydrogen-bond donors (Lipinski definition) is 1. The third-order valence-corrected chi connectivity index (χ3v) is 4.46. The molecule has 5 nitrogen and oxygen atoms in total. The number of halogens is 1. The van der Waals surface area contributed by atoms with Gasteiger partial charge in [0, 0.05) is 37.3 Å². The third kappa shape index (κ3) is 3.42. The average Bonchev–Trinajstić information content (AvgIpc) is 2.75. The van der Waals surface area contributed by atoms with Crippen molar-refractivity contribution in [3.05, 3.63) is 11.1 Å². The van der Waals surface area contributed by atoms with Crippen molar-refractivity contribution in [3.8, 4) is 0 Å². The number of carbonyl (C=O) groups excluding carboxylic acids is 1. The van der Waals surface area contributed by atoms with E-state index in [1.165, 1.54) is 11.3 Å². The van der Waals surface area contributed by atoms with E-state index in [9.17, 15) is 4.79 Å². The van der Waals surface area contributed by atoms with Gasteiger partial charge in [0.15, 0.2) is 5.13 Å². The van der Waals surface area contributed by atoms with Crippen LogP contribution < -0.4 is 5.73 Å². The Balaban J connectivity index is 0.00000200. The van der Waals surface area contributed by atoms with Crippen molar-refractivity contribution in [1.29, 1.82) is 0 Å². The van der Waals surface area contributed by atoms with Gasteiger partial charge in [0.1, 0.15) is 0 Å². The standard InChI is InChI=1S/C13H22N4OS.ClH/c1-4-5-16-6-7-17(13(2,3)11(16)18)9-10-8-15-12(14)19-10;/h8H,4-7,9H2,1-3H3,(H2,14,15);1H. The van der Waals surface area contributed by atoms with E-state index >= 15 is 0 Å². The summed E-state index contributed by atoms with van der Waals surface area (Å²) in [6.45, 7) is 9.41. The number of nitrogens with two attached hydrogens (primary N) is 1. The molecule has 0 aliphatic carbocycles. The number of carbonyl (C=O) groups is 1. The highest BCUT2D eigenvalue weighted by Crippen LogP contribution is 2.26. The molecule has 1 aromatic rings. The van der Waals surface area contributed by atoms with Crippen LogP contribution >= 0.6 is 23.7 Å². The van der Waals surface area contributed by atoms with Crippen molar-refractivity contribution >= 4 is 34.8 Å². The van der Waals surface area contributed by atoms with Crippen LogP contribution in [0.25, 0.3) is 0 Å². The number of anilines is 1. The number of hydrogen-bond acceptors (Lipinski definition) is 5. The summed E-state index contributed by atoms with van der Waals surface area (Å²) in [6, 6.07) is 0. The second-order valence-electron chi connectivity index (χ2n) is 5.44. The summed E-state index contributed by atoms with van der Waals surface area (Å²) in [5, 5.41) is 0.587. The van der Waals surface area contributed by atoms with Crippen LogP contribution in [0.15, 0.2) is 6.20 Å². The molecule has 1 amide bonds. The van der Waals surface area contributed by atoms with Gasteiger partial charge in [0.25, 0.3) is 0 Å².